The van der Waals surface area contributed by atoms with Gasteiger partial charge in [-0.1, -0.05) is 11.6 Å². The van der Waals surface area contributed by atoms with E-state index in [1.54, 1.807) is 0 Å². The lowest BCUT2D eigenvalue weighted by Crippen LogP contribution is -2.50. The predicted molar refractivity (Wildman–Crippen MR) is 75.5 cm³/mol. The standard InChI is InChI=1S/C14H21ClN2O/c1-12-11-16-7-9-17(12)8-2-10-18-14-5-3-13(15)4-6-14/h3-6,12,16H,2,7-11H2,1H3/t12-/m0/s1. The monoisotopic (exact) mass is 268 g/mol. The lowest BCUT2D eigenvalue weighted by atomic mass is 10.2. The number of ether oxygens (including phenoxy) is 1. The molecule has 0 radical (unpaired) electrons. The summed E-state index contributed by atoms with van der Waals surface area (Å²) in [7, 11) is 0. The van der Waals surface area contributed by atoms with Gasteiger partial charge in [0.15, 0.2) is 0 Å². The molecule has 1 fully saturated rings. The van der Waals surface area contributed by atoms with Crippen LogP contribution in [0.1, 0.15) is 13.3 Å². The van der Waals surface area contributed by atoms with Crippen molar-refractivity contribution < 1.29 is 4.74 Å². The molecule has 18 heavy (non-hydrogen) atoms. The maximum Gasteiger partial charge on any atom is 0.119 e. The highest BCUT2D eigenvalue weighted by Gasteiger charge is 2.16. The average molecular weight is 269 g/mol. The van der Waals surface area contributed by atoms with Crippen LogP contribution in [0.2, 0.25) is 5.02 Å². The molecular formula is C14H21ClN2O. The molecule has 1 heterocycles. The normalized spacial score (nSPS) is 20.9. The predicted octanol–water partition coefficient (Wildman–Crippen LogP) is 2.40. The van der Waals surface area contributed by atoms with E-state index in [9.17, 15) is 0 Å². The molecule has 2 rings (SSSR count). The van der Waals surface area contributed by atoms with Crippen molar-refractivity contribution in [1.29, 1.82) is 0 Å². The molecule has 0 bridgehead atoms. The molecule has 1 aromatic rings. The molecule has 0 amide bonds. The van der Waals surface area contributed by atoms with Crippen LogP contribution in [0, 0.1) is 0 Å². The zero-order valence-corrected chi connectivity index (χ0v) is 11.6. The fourth-order valence-electron chi connectivity index (χ4n) is 2.20. The topological polar surface area (TPSA) is 24.5 Å². The van der Waals surface area contributed by atoms with Crippen LogP contribution in [0.5, 0.6) is 5.75 Å². The third kappa shape index (κ3) is 4.16. The maximum absolute atomic E-state index is 5.82. The van der Waals surface area contributed by atoms with Crippen molar-refractivity contribution in [3.05, 3.63) is 29.3 Å². The zero-order valence-electron chi connectivity index (χ0n) is 10.9. The van der Waals surface area contributed by atoms with Crippen molar-refractivity contribution in [2.75, 3.05) is 32.8 Å². The van der Waals surface area contributed by atoms with Crippen LogP contribution < -0.4 is 10.1 Å². The van der Waals surface area contributed by atoms with Gasteiger partial charge >= 0.3 is 0 Å². The smallest absolute Gasteiger partial charge is 0.119 e. The number of nitrogens with zero attached hydrogens (tertiary/aromatic N) is 1. The van der Waals surface area contributed by atoms with E-state index in [4.69, 9.17) is 16.3 Å². The maximum atomic E-state index is 5.82. The van der Waals surface area contributed by atoms with Crippen LogP contribution in [0.25, 0.3) is 0 Å². The van der Waals surface area contributed by atoms with E-state index in [1.165, 1.54) is 0 Å². The van der Waals surface area contributed by atoms with Crippen molar-refractivity contribution >= 4 is 11.6 Å². The lowest BCUT2D eigenvalue weighted by molar-refractivity contribution is 0.160. The third-order valence-electron chi connectivity index (χ3n) is 3.31. The minimum absolute atomic E-state index is 0.634. The molecule has 0 unspecified atom stereocenters. The van der Waals surface area contributed by atoms with E-state index in [0.29, 0.717) is 6.04 Å². The van der Waals surface area contributed by atoms with Crippen molar-refractivity contribution in [2.45, 2.75) is 19.4 Å². The van der Waals surface area contributed by atoms with Gasteiger partial charge in [0.2, 0.25) is 0 Å². The molecule has 1 saturated heterocycles. The Kier molecular flexibility index (Phi) is 5.29. The number of benzene rings is 1. The van der Waals surface area contributed by atoms with Gasteiger partial charge in [-0.2, -0.15) is 0 Å². The van der Waals surface area contributed by atoms with Gasteiger partial charge in [-0.25, -0.2) is 0 Å². The Hall–Kier alpha value is -0.770. The molecule has 0 saturated carbocycles. The Morgan fingerprint density at radius 3 is 2.89 bits per heavy atom. The first-order chi connectivity index (χ1) is 8.75. The van der Waals surface area contributed by atoms with Crippen LogP contribution >= 0.6 is 11.6 Å². The summed E-state index contributed by atoms with van der Waals surface area (Å²) < 4.78 is 5.69. The number of hydrogen-bond donors (Lipinski definition) is 1. The summed E-state index contributed by atoms with van der Waals surface area (Å²) in [6, 6.07) is 8.17. The molecule has 1 N–H and O–H groups in total. The van der Waals surface area contributed by atoms with E-state index >= 15 is 0 Å². The molecule has 1 aliphatic heterocycles. The van der Waals surface area contributed by atoms with E-state index in [1.807, 2.05) is 24.3 Å². The minimum Gasteiger partial charge on any atom is -0.494 e. The summed E-state index contributed by atoms with van der Waals surface area (Å²) in [5, 5.41) is 4.15. The first kappa shape index (κ1) is 13.7. The van der Waals surface area contributed by atoms with Crippen LogP contribution in [0.15, 0.2) is 24.3 Å². The molecule has 0 aromatic heterocycles. The quantitative estimate of drug-likeness (QED) is 0.830. The first-order valence-corrected chi connectivity index (χ1v) is 6.96. The summed E-state index contributed by atoms with van der Waals surface area (Å²) in [6.45, 7) is 7.48. The van der Waals surface area contributed by atoms with Gasteiger partial charge in [0.25, 0.3) is 0 Å². The number of rotatable bonds is 5. The number of halogens is 1. The van der Waals surface area contributed by atoms with E-state index < -0.39 is 0 Å². The lowest BCUT2D eigenvalue weighted by Gasteiger charge is -2.33. The number of piperazine rings is 1. The van der Waals surface area contributed by atoms with E-state index in [2.05, 4.69) is 17.1 Å². The number of hydrogen-bond acceptors (Lipinski definition) is 3. The second-order valence-corrected chi connectivity index (χ2v) is 5.18. The summed E-state index contributed by atoms with van der Waals surface area (Å²) in [5.74, 6) is 0.896. The minimum atomic E-state index is 0.634. The van der Waals surface area contributed by atoms with Crippen LogP contribution in [0.4, 0.5) is 0 Å². The van der Waals surface area contributed by atoms with E-state index in [-0.39, 0.29) is 0 Å². The molecule has 4 heteroatoms. The Morgan fingerprint density at radius 1 is 1.39 bits per heavy atom. The molecule has 0 aliphatic carbocycles. The SMILES string of the molecule is C[C@H]1CNCCN1CCCOc1ccc(Cl)cc1. The zero-order chi connectivity index (χ0) is 12.8. The Labute approximate surface area is 114 Å². The third-order valence-corrected chi connectivity index (χ3v) is 3.56. The second-order valence-electron chi connectivity index (χ2n) is 4.75. The summed E-state index contributed by atoms with van der Waals surface area (Å²) in [5.41, 5.74) is 0. The van der Waals surface area contributed by atoms with Gasteiger partial charge in [-0.05, 0) is 37.6 Å². The molecule has 3 nitrogen and oxygen atoms in total. The highest BCUT2D eigenvalue weighted by molar-refractivity contribution is 6.30. The second kappa shape index (κ2) is 6.98. The summed E-state index contributed by atoms with van der Waals surface area (Å²) in [4.78, 5) is 2.52. The fourth-order valence-corrected chi connectivity index (χ4v) is 2.33. The van der Waals surface area contributed by atoms with Crippen molar-refractivity contribution in [1.82, 2.24) is 10.2 Å². The van der Waals surface area contributed by atoms with Crippen LogP contribution in [-0.4, -0.2) is 43.7 Å². The number of nitrogens with one attached hydrogen (secondary N) is 1. The van der Waals surface area contributed by atoms with Gasteiger partial charge in [-0.15, -0.1) is 0 Å². The first-order valence-electron chi connectivity index (χ1n) is 6.59. The van der Waals surface area contributed by atoms with Gasteiger partial charge in [0.05, 0.1) is 6.61 Å². The molecular weight excluding hydrogens is 248 g/mol. The van der Waals surface area contributed by atoms with Gasteiger partial charge in [0, 0.05) is 37.2 Å². The van der Waals surface area contributed by atoms with Crippen LogP contribution in [0.3, 0.4) is 0 Å². The fraction of sp³-hybridized carbons (Fsp3) is 0.571. The van der Waals surface area contributed by atoms with Gasteiger partial charge in [-0.3, -0.25) is 4.90 Å². The summed E-state index contributed by atoms with van der Waals surface area (Å²) >= 11 is 5.82. The van der Waals surface area contributed by atoms with Gasteiger partial charge < -0.3 is 10.1 Å². The van der Waals surface area contributed by atoms with E-state index in [0.717, 1.165) is 50.0 Å². The van der Waals surface area contributed by atoms with Crippen molar-refractivity contribution in [2.24, 2.45) is 0 Å². The Bertz CT molecular complexity index is 355. The highest BCUT2D eigenvalue weighted by atomic mass is 35.5. The Balaban J connectivity index is 1.65. The van der Waals surface area contributed by atoms with Crippen LogP contribution in [-0.2, 0) is 0 Å². The van der Waals surface area contributed by atoms with Gasteiger partial charge in [0.1, 0.15) is 5.75 Å². The highest BCUT2D eigenvalue weighted by Crippen LogP contribution is 2.15. The largest absolute Gasteiger partial charge is 0.494 e. The molecule has 0 spiro atoms. The summed E-state index contributed by atoms with van der Waals surface area (Å²) in [6.07, 6.45) is 1.06. The average Bonchev–Trinajstić information content (AvgIpc) is 2.39. The van der Waals surface area contributed by atoms with Crippen molar-refractivity contribution in [3.63, 3.8) is 0 Å². The van der Waals surface area contributed by atoms with Crippen molar-refractivity contribution in [3.8, 4) is 5.75 Å². The molecule has 1 aromatic carbocycles. The molecule has 1 aliphatic rings. The molecule has 100 valence electrons. The Morgan fingerprint density at radius 2 is 2.17 bits per heavy atom. The molecule has 1 atom stereocenters.